The molecule has 0 aromatic heterocycles. The molecule has 1 N–H and O–H groups in total. The molecule has 5 heteroatoms. The second-order valence-electron chi connectivity index (χ2n) is 5.22. The fourth-order valence-corrected chi connectivity index (χ4v) is 2.13. The lowest BCUT2D eigenvalue weighted by Crippen LogP contribution is -2.50. The highest BCUT2D eigenvalue weighted by atomic mass is 16.5. The summed E-state index contributed by atoms with van der Waals surface area (Å²) in [7, 11) is 0. The third kappa shape index (κ3) is 3.12. The van der Waals surface area contributed by atoms with Crippen molar-refractivity contribution in [2.45, 2.75) is 19.4 Å². The summed E-state index contributed by atoms with van der Waals surface area (Å²) in [6, 6.07) is 5.99. The molecule has 5 nitrogen and oxygen atoms in total. The fourth-order valence-electron chi connectivity index (χ4n) is 2.13. The molecule has 0 unspecified atom stereocenters. The molecular weight excluding hydrogens is 246 g/mol. The topological polar surface area (TPSA) is 66.8 Å². The summed E-state index contributed by atoms with van der Waals surface area (Å²) in [5, 5.41) is 8.82. The average Bonchev–Trinajstić information content (AvgIpc) is 2.37. The van der Waals surface area contributed by atoms with Crippen molar-refractivity contribution in [1.82, 2.24) is 4.90 Å². The van der Waals surface area contributed by atoms with E-state index in [0.717, 1.165) is 0 Å². The van der Waals surface area contributed by atoms with E-state index in [4.69, 9.17) is 9.84 Å². The van der Waals surface area contributed by atoms with Crippen LogP contribution in [0.3, 0.4) is 0 Å². The van der Waals surface area contributed by atoms with Crippen molar-refractivity contribution in [1.29, 1.82) is 0 Å². The number of carbonyl (C=O) groups excluding carboxylic acids is 1. The monoisotopic (exact) mass is 263 g/mol. The molecule has 1 amide bonds. The smallest absolute Gasteiger partial charge is 0.335 e. The molecule has 1 aromatic rings. The van der Waals surface area contributed by atoms with Crippen LogP contribution in [-0.4, -0.2) is 47.2 Å². The number of carboxylic acid groups (broad SMARTS) is 1. The van der Waals surface area contributed by atoms with Crippen molar-refractivity contribution in [3.63, 3.8) is 0 Å². The summed E-state index contributed by atoms with van der Waals surface area (Å²) >= 11 is 0. The standard InChI is InChI=1S/C14H17NO4/c1-14(2)9-15(7-8-19-14)12(16)10-3-5-11(6-4-10)13(17)18/h3-6H,7-9H2,1-2H3,(H,17,18). The van der Waals surface area contributed by atoms with Gasteiger partial charge in [0.2, 0.25) is 0 Å². The van der Waals surface area contributed by atoms with Gasteiger partial charge in [0.15, 0.2) is 0 Å². The molecule has 0 aliphatic carbocycles. The van der Waals surface area contributed by atoms with Crippen molar-refractivity contribution in [2.24, 2.45) is 0 Å². The van der Waals surface area contributed by atoms with Gasteiger partial charge in [0.1, 0.15) is 0 Å². The van der Waals surface area contributed by atoms with Crippen LogP contribution in [0.4, 0.5) is 0 Å². The number of hydrogen-bond donors (Lipinski definition) is 1. The molecule has 2 rings (SSSR count). The van der Waals surface area contributed by atoms with Gasteiger partial charge < -0.3 is 14.7 Å². The molecule has 0 bridgehead atoms. The first-order valence-electron chi connectivity index (χ1n) is 6.16. The van der Waals surface area contributed by atoms with Gasteiger partial charge in [0.25, 0.3) is 5.91 Å². The molecule has 0 radical (unpaired) electrons. The van der Waals surface area contributed by atoms with E-state index in [1.165, 1.54) is 12.1 Å². The summed E-state index contributed by atoms with van der Waals surface area (Å²) in [4.78, 5) is 24.8. The van der Waals surface area contributed by atoms with E-state index >= 15 is 0 Å². The van der Waals surface area contributed by atoms with Gasteiger partial charge >= 0.3 is 5.97 Å². The predicted molar refractivity (Wildman–Crippen MR) is 69.3 cm³/mol. The summed E-state index contributed by atoms with van der Waals surface area (Å²) < 4.78 is 5.56. The first kappa shape index (κ1) is 13.5. The van der Waals surface area contributed by atoms with E-state index in [2.05, 4.69) is 0 Å². The zero-order valence-corrected chi connectivity index (χ0v) is 11.0. The molecule has 0 atom stereocenters. The maximum absolute atomic E-state index is 12.3. The number of amides is 1. The number of benzene rings is 1. The summed E-state index contributed by atoms with van der Waals surface area (Å²) in [6.07, 6.45) is 0. The third-order valence-electron chi connectivity index (χ3n) is 3.09. The zero-order chi connectivity index (χ0) is 14.0. The summed E-state index contributed by atoms with van der Waals surface area (Å²) in [5.74, 6) is -1.08. The number of aromatic carboxylic acids is 1. The Morgan fingerprint density at radius 2 is 1.79 bits per heavy atom. The minimum absolute atomic E-state index is 0.0895. The van der Waals surface area contributed by atoms with E-state index < -0.39 is 5.97 Å². The van der Waals surface area contributed by atoms with Crippen LogP contribution in [0.5, 0.6) is 0 Å². The van der Waals surface area contributed by atoms with Gasteiger partial charge in [-0.2, -0.15) is 0 Å². The number of hydrogen-bond acceptors (Lipinski definition) is 3. The van der Waals surface area contributed by atoms with Gasteiger partial charge in [-0.25, -0.2) is 4.79 Å². The van der Waals surface area contributed by atoms with Crippen LogP contribution in [0.25, 0.3) is 0 Å². The van der Waals surface area contributed by atoms with Gasteiger partial charge in [-0.1, -0.05) is 0 Å². The van der Waals surface area contributed by atoms with Crippen LogP contribution >= 0.6 is 0 Å². The molecule has 102 valence electrons. The Morgan fingerprint density at radius 1 is 1.21 bits per heavy atom. The molecule has 1 aromatic carbocycles. The second-order valence-corrected chi connectivity index (χ2v) is 5.22. The predicted octanol–water partition coefficient (Wildman–Crippen LogP) is 1.64. The Hall–Kier alpha value is -1.88. The normalized spacial score (nSPS) is 18.1. The zero-order valence-electron chi connectivity index (χ0n) is 11.0. The van der Waals surface area contributed by atoms with Crippen LogP contribution in [0.15, 0.2) is 24.3 Å². The summed E-state index contributed by atoms with van der Waals surface area (Å²) in [5.41, 5.74) is 0.344. The Kier molecular flexibility index (Phi) is 3.57. The van der Waals surface area contributed by atoms with Crippen LogP contribution < -0.4 is 0 Å². The number of carboxylic acids is 1. The van der Waals surface area contributed by atoms with Gasteiger partial charge in [0, 0.05) is 18.7 Å². The Morgan fingerprint density at radius 3 is 2.32 bits per heavy atom. The van der Waals surface area contributed by atoms with Gasteiger partial charge in [-0.05, 0) is 38.1 Å². The highest BCUT2D eigenvalue weighted by molar-refractivity contribution is 5.96. The Labute approximate surface area is 111 Å². The van der Waals surface area contributed by atoms with Crippen LogP contribution in [-0.2, 0) is 4.74 Å². The van der Waals surface area contributed by atoms with E-state index in [1.54, 1.807) is 17.0 Å². The Balaban J connectivity index is 2.13. The average molecular weight is 263 g/mol. The van der Waals surface area contributed by atoms with Crippen molar-refractivity contribution >= 4 is 11.9 Å². The highest BCUT2D eigenvalue weighted by Gasteiger charge is 2.30. The molecule has 19 heavy (non-hydrogen) atoms. The van der Waals surface area contributed by atoms with Crippen LogP contribution in [0.1, 0.15) is 34.6 Å². The Bertz CT molecular complexity index is 493. The molecule has 1 fully saturated rings. The number of ether oxygens (including phenoxy) is 1. The first-order chi connectivity index (χ1) is 8.89. The van der Waals surface area contributed by atoms with E-state index in [-0.39, 0.29) is 17.1 Å². The van der Waals surface area contributed by atoms with E-state index in [0.29, 0.717) is 25.3 Å². The molecule has 1 aliphatic heterocycles. The number of nitrogens with zero attached hydrogens (tertiary/aromatic N) is 1. The number of morpholine rings is 1. The number of carbonyl (C=O) groups is 2. The van der Waals surface area contributed by atoms with Gasteiger partial charge in [0.05, 0.1) is 17.8 Å². The maximum atomic E-state index is 12.3. The quantitative estimate of drug-likeness (QED) is 0.880. The van der Waals surface area contributed by atoms with Gasteiger partial charge in [-0.15, -0.1) is 0 Å². The van der Waals surface area contributed by atoms with Crippen molar-refractivity contribution in [2.75, 3.05) is 19.7 Å². The highest BCUT2D eigenvalue weighted by Crippen LogP contribution is 2.18. The molecule has 1 aliphatic rings. The minimum atomic E-state index is -0.994. The number of rotatable bonds is 2. The first-order valence-corrected chi connectivity index (χ1v) is 6.16. The van der Waals surface area contributed by atoms with Crippen molar-refractivity contribution < 1.29 is 19.4 Å². The van der Waals surface area contributed by atoms with Crippen LogP contribution in [0, 0.1) is 0 Å². The summed E-state index contributed by atoms with van der Waals surface area (Å²) in [6.45, 7) is 5.50. The SMILES string of the molecule is CC1(C)CN(C(=O)c2ccc(C(=O)O)cc2)CCO1. The third-order valence-corrected chi connectivity index (χ3v) is 3.09. The van der Waals surface area contributed by atoms with Gasteiger partial charge in [-0.3, -0.25) is 4.79 Å². The molecule has 1 saturated heterocycles. The fraction of sp³-hybridized carbons (Fsp3) is 0.429. The van der Waals surface area contributed by atoms with Crippen molar-refractivity contribution in [3.8, 4) is 0 Å². The van der Waals surface area contributed by atoms with E-state index in [1.807, 2.05) is 13.8 Å². The molecule has 0 saturated carbocycles. The second kappa shape index (κ2) is 5.01. The van der Waals surface area contributed by atoms with E-state index in [9.17, 15) is 9.59 Å². The lowest BCUT2D eigenvalue weighted by molar-refractivity contribution is -0.0764. The molecular formula is C14H17NO4. The molecule has 1 heterocycles. The van der Waals surface area contributed by atoms with Crippen molar-refractivity contribution in [3.05, 3.63) is 35.4 Å². The molecule has 0 spiro atoms. The lowest BCUT2D eigenvalue weighted by atomic mass is 10.1. The lowest BCUT2D eigenvalue weighted by Gasteiger charge is -2.38. The largest absolute Gasteiger partial charge is 0.478 e. The minimum Gasteiger partial charge on any atom is -0.478 e. The maximum Gasteiger partial charge on any atom is 0.335 e. The van der Waals surface area contributed by atoms with Crippen LogP contribution in [0.2, 0.25) is 0 Å².